The summed E-state index contributed by atoms with van der Waals surface area (Å²) in [5.41, 5.74) is 6.12. The van der Waals surface area contributed by atoms with E-state index in [4.69, 9.17) is 29.4 Å². The lowest BCUT2D eigenvalue weighted by Gasteiger charge is -2.22. The van der Waals surface area contributed by atoms with Gasteiger partial charge in [-0.1, -0.05) is 5.21 Å². The van der Waals surface area contributed by atoms with E-state index in [-0.39, 0.29) is 6.29 Å². The number of rotatable bonds is 14. The molecule has 144 valence electrons. The standard InChI is InChI=1S/C16H30N4O5/c17-4-7-21-9-11-23-12-10-22-8-5-20-13-15(18-19-20)14-25-16-3-1-2-6-24-16/h13,16H,1-12,14,17H2. The predicted molar refractivity (Wildman–Crippen MR) is 89.9 cm³/mol. The van der Waals surface area contributed by atoms with Gasteiger partial charge in [0.1, 0.15) is 5.69 Å². The van der Waals surface area contributed by atoms with Gasteiger partial charge in [0, 0.05) is 13.2 Å². The van der Waals surface area contributed by atoms with Crippen molar-refractivity contribution < 1.29 is 23.7 Å². The van der Waals surface area contributed by atoms with Crippen LogP contribution in [0.1, 0.15) is 25.0 Å². The van der Waals surface area contributed by atoms with Crippen molar-refractivity contribution in [2.24, 2.45) is 5.73 Å². The van der Waals surface area contributed by atoms with Crippen LogP contribution >= 0.6 is 0 Å². The van der Waals surface area contributed by atoms with E-state index >= 15 is 0 Å². The van der Waals surface area contributed by atoms with Crippen molar-refractivity contribution >= 4 is 0 Å². The summed E-state index contributed by atoms with van der Waals surface area (Å²) in [6.07, 6.45) is 4.98. The molecule has 25 heavy (non-hydrogen) atoms. The van der Waals surface area contributed by atoms with Crippen LogP contribution in [0.5, 0.6) is 0 Å². The summed E-state index contributed by atoms with van der Waals surface area (Å²) in [5.74, 6) is 0. The molecular formula is C16H30N4O5. The van der Waals surface area contributed by atoms with E-state index in [1.165, 1.54) is 0 Å². The van der Waals surface area contributed by atoms with Crippen LogP contribution in [0.15, 0.2) is 6.20 Å². The van der Waals surface area contributed by atoms with Gasteiger partial charge >= 0.3 is 0 Å². The Morgan fingerprint density at radius 3 is 2.56 bits per heavy atom. The molecule has 1 fully saturated rings. The van der Waals surface area contributed by atoms with Gasteiger partial charge in [-0.15, -0.1) is 5.10 Å². The van der Waals surface area contributed by atoms with Gasteiger partial charge in [-0.25, -0.2) is 4.68 Å². The lowest BCUT2D eigenvalue weighted by molar-refractivity contribution is -0.169. The maximum absolute atomic E-state index is 5.68. The van der Waals surface area contributed by atoms with Crippen molar-refractivity contribution in [2.75, 3.05) is 52.8 Å². The molecule has 1 aliphatic rings. The Labute approximate surface area is 148 Å². The van der Waals surface area contributed by atoms with Gasteiger partial charge in [0.15, 0.2) is 6.29 Å². The quantitative estimate of drug-likeness (QED) is 0.475. The van der Waals surface area contributed by atoms with E-state index < -0.39 is 0 Å². The smallest absolute Gasteiger partial charge is 0.158 e. The van der Waals surface area contributed by atoms with Gasteiger partial charge in [0.25, 0.3) is 0 Å². The fourth-order valence-electron chi connectivity index (χ4n) is 2.32. The average Bonchev–Trinajstić information content (AvgIpc) is 3.10. The van der Waals surface area contributed by atoms with Crippen molar-refractivity contribution in [1.29, 1.82) is 0 Å². The highest BCUT2D eigenvalue weighted by Crippen LogP contribution is 2.14. The highest BCUT2D eigenvalue weighted by molar-refractivity contribution is 4.89. The third kappa shape index (κ3) is 9.24. The van der Waals surface area contributed by atoms with Crippen LogP contribution in [0.4, 0.5) is 0 Å². The Balaban J connectivity index is 1.44. The zero-order valence-corrected chi connectivity index (χ0v) is 14.8. The second kappa shape index (κ2) is 13.2. The topological polar surface area (TPSA) is 103 Å². The molecule has 1 aromatic rings. The van der Waals surface area contributed by atoms with Crippen LogP contribution in [0.2, 0.25) is 0 Å². The summed E-state index contributed by atoms with van der Waals surface area (Å²) in [6.45, 7) is 5.71. The van der Waals surface area contributed by atoms with Crippen molar-refractivity contribution in [3.05, 3.63) is 11.9 Å². The van der Waals surface area contributed by atoms with Crippen LogP contribution in [0.3, 0.4) is 0 Å². The van der Waals surface area contributed by atoms with Gasteiger partial charge in [0.2, 0.25) is 0 Å². The molecule has 1 atom stereocenters. The Morgan fingerprint density at radius 1 is 1.08 bits per heavy atom. The monoisotopic (exact) mass is 358 g/mol. The fraction of sp³-hybridized carbons (Fsp3) is 0.875. The zero-order valence-electron chi connectivity index (χ0n) is 14.8. The molecule has 0 aromatic carbocycles. The highest BCUT2D eigenvalue weighted by Gasteiger charge is 2.14. The summed E-state index contributed by atoms with van der Waals surface area (Å²) in [5, 5.41) is 8.16. The van der Waals surface area contributed by atoms with Crippen LogP contribution in [0, 0.1) is 0 Å². The Morgan fingerprint density at radius 2 is 1.84 bits per heavy atom. The van der Waals surface area contributed by atoms with Crippen molar-refractivity contribution in [1.82, 2.24) is 15.0 Å². The second-order valence-corrected chi connectivity index (χ2v) is 5.71. The van der Waals surface area contributed by atoms with Crippen molar-refractivity contribution in [2.45, 2.75) is 38.7 Å². The minimum atomic E-state index is -0.108. The first kappa shape index (κ1) is 20.2. The number of ether oxygens (including phenoxy) is 5. The Kier molecular flexibility index (Phi) is 10.6. The van der Waals surface area contributed by atoms with Gasteiger partial charge in [-0.2, -0.15) is 0 Å². The van der Waals surface area contributed by atoms with Crippen LogP contribution in [-0.4, -0.2) is 74.1 Å². The van der Waals surface area contributed by atoms with Crippen LogP contribution < -0.4 is 5.73 Å². The lowest BCUT2D eigenvalue weighted by Crippen LogP contribution is -2.22. The maximum atomic E-state index is 5.68. The first-order valence-corrected chi connectivity index (χ1v) is 8.94. The first-order chi connectivity index (χ1) is 12.4. The lowest BCUT2D eigenvalue weighted by atomic mass is 10.2. The third-order valence-electron chi connectivity index (χ3n) is 3.61. The Hall–Kier alpha value is -1.10. The SMILES string of the molecule is NCCOCCOCCOCCn1cc(COC2CCCCO2)nn1. The van der Waals surface area contributed by atoms with E-state index in [0.717, 1.165) is 31.6 Å². The van der Waals surface area contributed by atoms with Gasteiger partial charge < -0.3 is 29.4 Å². The summed E-state index contributed by atoms with van der Waals surface area (Å²) in [6, 6.07) is 0. The molecule has 1 aromatic heterocycles. The second-order valence-electron chi connectivity index (χ2n) is 5.71. The number of nitrogens with zero attached hydrogens (tertiary/aromatic N) is 3. The molecular weight excluding hydrogens is 328 g/mol. The summed E-state index contributed by atoms with van der Waals surface area (Å²) in [7, 11) is 0. The molecule has 0 amide bonds. The van der Waals surface area contributed by atoms with E-state index in [1.807, 2.05) is 6.20 Å². The molecule has 1 saturated heterocycles. The molecule has 0 bridgehead atoms. The van der Waals surface area contributed by atoms with E-state index in [2.05, 4.69) is 10.3 Å². The molecule has 9 nitrogen and oxygen atoms in total. The number of hydrogen-bond donors (Lipinski definition) is 1. The first-order valence-electron chi connectivity index (χ1n) is 8.94. The normalized spacial score (nSPS) is 17.9. The number of hydrogen-bond acceptors (Lipinski definition) is 8. The fourth-order valence-corrected chi connectivity index (χ4v) is 2.32. The van der Waals surface area contributed by atoms with E-state index in [9.17, 15) is 0 Å². The minimum Gasteiger partial charge on any atom is -0.378 e. The largest absolute Gasteiger partial charge is 0.378 e. The van der Waals surface area contributed by atoms with E-state index in [1.54, 1.807) is 4.68 Å². The summed E-state index contributed by atoms with van der Waals surface area (Å²) >= 11 is 0. The van der Waals surface area contributed by atoms with Gasteiger partial charge in [-0.05, 0) is 19.3 Å². The summed E-state index contributed by atoms with van der Waals surface area (Å²) in [4.78, 5) is 0. The molecule has 2 N–H and O–H groups in total. The zero-order chi connectivity index (χ0) is 17.6. The molecule has 2 heterocycles. The maximum Gasteiger partial charge on any atom is 0.158 e. The Bertz CT molecular complexity index is 440. The molecule has 0 spiro atoms. The molecule has 0 radical (unpaired) electrons. The number of nitrogens with two attached hydrogens (primary N) is 1. The highest BCUT2D eigenvalue weighted by atomic mass is 16.7. The molecule has 0 saturated carbocycles. The third-order valence-corrected chi connectivity index (χ3v) is 3.61. The molecule has 0 aliphatic carbocycles. The van der Waals surface area contributed by atoms with Gasteiger partial charge in [0.05, 0.1) is 59.0 Å². The molecule has 1 aliphatic heterocycles. The predicted octanol–water partition coefficient (Wildman–Crippen LogP) is 0.330. The minimum absolute atomic E-state index is 0.108. The molecule has 2 rings (SSSR count). The van der Waals surface area contributed by atoms with E-state index in [0.29, 0.717) is 59.3 Å². The number of aromatic nitrogens is 3. The average molecular weight is 358 g/mol. The van der Waals surface area contributed by atoms with Crippen molar-refractivity contribution in [3.8, 4) is 0 Å². The van der Waals surface area contributed by atoms with Gasteiger partial charge in [-0.3, -0.25) is 0 Å². The van der Waals surface area contributed by atoms with Crippen molar-refractivity contribution in [3.63, 3.8) is 0 Å². The molecule has 1 unspecified atom stereocenters. The van der Waals surface area contributed by atoms with Crippen LogP contribution in [0.25, 0.3) is 0 Å². The van der Waals surface area contributed by atoms with Crippen LogP contribution in [-0.2, 0) is 36.8 Å². The molecule has 9 heteroatoms. The summed E-state index contributed by atoms with van der Waals surface area (Å²) < 4.78 is 29.0.